The average molecular weight is 340 g/mol. The molecular formula is C20H24N2O3. The van der Waals surface area contributed by atoms with Crippen molar-refractivity contribution in [1.82, 2.24) is 5.32 Å². The van der Waals surface area contributed by atoms with Crippen molar-refractivity contribution in [1.29, 1.82) is 0 Å². The standard InChI is InChI=1S/C20H24N2O3/c23-20(22-13-16-6-2-1-3-7-16)14-21-17-8-4-9-18(12-17)25-15-19-10-5-11-24-19/h1-4,6-9,12,19,21H,5,10-11,13-15H2,(H,22,23). The van der Waals surface area contributed by atoms with Crippen molar-refractivity contribution in [3.05, 3.63) is 60.2 Å². The molecule has 0 spiro atoms. The van der Waals surface area contributed by atoms with E-state index in [0.29, 0.717) is 13.2 Å². The third kappa shape index (κ3) is 5.80. The van der Waals surface area contributed by atoms with Gasteiger partial charge in [0.05, 0.1) is 12.6 Å². The Morgan fingerprint density at radius 1 is 1.16 bits per heavy atom. The maximum Gasteiger partial charge on any atom is 0.239 e. The number of ether oxygens (including phenoxy) is 2. The van der Waals surface area contributed by atoms with Crippen LogP contribution in [0.3, 0.4) is 0 Å². The molecule has 5 nitrogen and oxygen atoms in total. The van der Waals surface area contributed by atoms with E-state index in [2.05, 4.69) is 10.6 Å². The van der Waals surface area contributed by atoms with Crippen LogP contribution in [0.1, 0.15) is 18.4 Å². The van der Waals surface area contributed by atoms with Crippen molar-refractivity contribution in [3.63, 3.8) is 0 Å². The maximum absolute atomic E-state index is 12.0. The number of hydrogen-bond acceptors (Lipinski definition) is 4. The van der Waals surface area contributed by atoms with E-state index in [1.807, 2.05) is 54.6 Å². The first-order valence-electron chi connectivity index (χ1n) is 8.68. The smallest absolute Gasteiger partial charge is 0.239 e. The van der Waals surface area contributed by atoms with Gasteiger partial charge in [0.2, 0.25) is 5.91 Å². The lowest BCUT2D eigenvalue weighted by Crippen LogP contribution is -2.29. The summed E-state index contributed by atoms with van der Waals surface area (Å²) in [6.45, 7) is 2.16. The van der Waals surface area contributed by atoms with E-state index in [-0.39, 0.29) is 18.6 Å². The molecule has 1 amide bonds. The van der Waals surface area contributed by atoms with Gasteiger partial charge in [0, 0.05) is 24.9 Å². The molecule has 1 heterocycles. The molecule has 132 valence electrons. The minimum atomic E-state index is -0.0467. The number of rotatable bonds is 8. The van der Waals surface area contributed by atoms with Gasteiger partial charge in [0.1, 0.15) is 12.4 Å². The largest absolute Gasteiger partial charge is 0.491 e. The predicted octanol–water partition coefficient (Wildman–Crippen LogP) is 2.97. The molecule has 1 aliphatic heterocycles. The Balaban J connectivity index is 1.41. The second-order valence-electron chi connectivity index (χ2n) is 6.09. The van der Waals surface area contributed by atoms with Gasteiger partial charge >= 0.3 is 0 Å². The zero-order valence-corrected chi connectivity index (χ0v) is 14.2. The van der Waals surface area contributed by atoms with Gasteiger partial charge in [-0.1, -0.05) is 36.4 Å². The minimum Gasteiger partial charge on any atom is -0.491 e. The molecule has 2 N–H and O–H groups in total. The Labute approximate surface area is 148 Å². The van der Waals surface area contributed by atoms with Crippen LogP contribution in [0.5, 0.6) is 5.75 Å². The first-order valence-corrected chi connectivity index (χ1v) is 8.68. The second-order valence-corrected chi connectivity index (χ2v) is 6.09. The Morgan fingerprint density at radius 2 is 2.04 bits per heavy atom. The highest BCUT2D eigenvalue weighted by atomic mass is 16.5. The van der Waals surface area contributed by atoms with E-state index in [1.165, 1.54) is 0 Å². The highest BCUT2D eigenvalue weighted by Gasteiger charge is 2.15. The van der Waals surface area contributed by atoms with Crippen LogP contribution >= 0.6 is 0 Å². The molecule has 2 aromatic carbocycles. The van der Waals surface area contributed by atoms with Crippen molar-refractivity contribution in [2.24, 2.45) is 0 Å². The third-order valence-electron chi connectivity index (χ3n) is 4.08. The number of amides is 1. The van der Waals surface area contributed by atoms with Gasteiger partial charge in [-0.2, -0.15) is 0 Å². The zero-order valence-electron chi connectivity index (χ0n) is 14.2. The monoisotopic (exact) mass is 340 g/mol. The van der Waals surface area contributed by atoms with Crippen molar-refractivity contribution in [2.45, 2.75) is 25.5 Å². The van der Waals surface area contributed by atoms with Gasteiger partial charge in [-0.05, 0) is 30.5 Å². The summed E-state index contributed by atoms with van der Waals surface area (Å²) >= 11 is 0. The molecular weight excluding hydrogens is 316 g/mol. The molecule has 2 aromatic rings. The first-order chi connectivity index (χ1) is 12.3. The van der Waals surface area contributed by atoms with Gasteiger partial charge in [0.15, 0.2) is 0 Å². The van der Waals surface area contributed by atoms with E-state index in [0.717, 1.165) is 36.4 Å². The van der Waals surface area contributed by atoms with Crippen LogP contribution in [0.4, 0.5) is 5.69 Å². The van der Waals surface area contributed by atoms with Crippen LogP contribution in [0.25, 0.3) is 0 Å². The van der Waals surface area contributed by atoms with Crippen LogP contribution in [0.15, 0.2) is 54.6 Å². The van der Waals surface area contributed by atoms with Crippen LogP contribution in [-0.2, 0) is 16.1 Å². The summed E-state index contributed by atoms with van der Waals surface area (Å²) < 4.78 is 11.3. The van der Waals surface area contributed by atoms with E-state index in [1.54, 1.807) is 0 Å². The first kappa shape index (κ1) is 17.3. The van der Waals surface area contributed by atoms with Crippen LogP contribution < -0.4 is 15.4 Å². The van der Waals surface area contributed by atoms with Gasteiger partial charge in [0.25, 0.3) is 0 Å². The molecule has 1 unspecified atom stereocenters. The lowest BCUT2D eigenvalue weighted by atomic mass is 10.2. The topological polar surface area (TPSA) is 59.6 Å². The molecule has 3 rings (SSSR count). The fourth-order valence-electron chi connectivity index (χ4n) is 2.70. The summed E-state index contributed by atoms with van der Waals surface area (Å²) in [6, 6.07) is 17.5. The van der Waals surface area contributed by atoms with Crippen molar-refractivity contribution >= 4 is 11.6 Å². The second kappa shape index (κ2) is 9.08. The molecule has 0 saturated carbocycles. The fraction of sp³-hybridized carbons (Fsp3) is 0.350. The maximum atomic E-state index is 12.0. The van der Waals surface area contributed by atoms with Gasteiger partial charge < -0.3 is 20.1 Å². The number of carbonyl (C=O) groups excluding carboxylic acids is 1. The molecule has 1 atom stereocenters. The number of carbonyl (C=O) groups is 1. The van der Waals surface area contributed by atoms with Crippen LogP contribution in [0.2, 0.25) is 0 Å². The molecule has 1 saturated heterocycles. The summed E-state index contributed by atoms with van der Waals surface area (Å²) in [6.07, 6.45) is 2.35. The normalized spacial score (nSPS) is 16.4. The number of nitrogens with one attached hydrogen (secondary N) is 2. The highest BCUT2D eigenvalue weighted by Crippen LogP contribution is 2.19. The number of benzene rings is 2. The number of hydrogen-bond donors (Lipinski definition) is 2. The van der Waals surface area contributed by atoms with Crippen molar-refractivity contribution in [3.8, 4) is 5.75 Å². The fourth-order valence-corrected chi connectivity index (χ4v) is 2.70. The van der Waals surface area contributed by atoms with Crippen molar-refractivity contribution in [2.75, 3.05) is 25.1 Å². The zero-order chi connectivity index (χ0) is 17.3. The Hall–Kier alpha value is -2.53. The summed E-state index contributed by atoms with van der Waals surface area (Å²) in [5.74, 6) is 0.736. The van der Waals surface area contributed by atoms with E-state index in [9.17, 15) is 4.79 Å². The van der Waals surface area contributed by atoms with Crippen LogP contribution in [-0.4, -0.2) is 31.8 Å². The SMILES string of the molecule is O=C(CNc1cccc(OCC2CCCO2)c1)NCc1ccccc1. The molecule has 5 heteroatoms. The molecule has 0 radical (unpaired) electrons. The summed E-state index contributed by atoms with van der Waals surface area (Å²) in [4.78, 5) is 12.0. The Kier molecular flexibility index (Phi) is 6.29. The molecule has 0 aliphatic carbocycles. The van der Waals surface area contributed by atoms with E-state index < -0.39 is 0 Å². The third-order valence-corrected chi connectivity index (χ3v) is 4.08. The average Bonchev–Trinajstić information content (AvgIpc) is 3.18. The summed E-state index contributed by atoms with van der Waals surface area (Å²) in [5, 5.41) is 6.02. The van der Waals surface area contributed by atoms with E-state index in [4.69, 9.17) is 9.47 Å². The molecule has 25 heavy (non-hydrogen) atoms. The molecule has 0 bridgehead atoms. The summed E-state index contributed by atoms with van der Waals surface area (Å²) in [5.41, 5.74) is 1.94. The molecule has 1 fully saturated rings. The van der Waals surface area contributed by atoms with E-state index >= 15 is 0 Å². The van der Waals surface area contributed by atoms with Gasteiger partial charge in [-0.3, -0.25) is 4.79 Å². The summed E-state index contributed by atoms with van der Waals surface area (Å²) in [7, 11) is 0. The quantitative estimate of drug-likeness (QED) is 0.776. The lowest BCUT2D eigenvalue weighted by molar-refractivity contribution is -0.119. The van der Waals surface area contributed by atoms with Gasteiger partial charge in [-0.25, -0.2) is 0 Å². The predicted molar refractivity (Wildman–Crippen MR) is 97.7 cm³/mol. The Morgan fingerprint density at radius 3 is 2.84 bits per heavy atom. The van der Waals surface area contributed by atoms with Crippen LogP contribution in [0, 0.1) is 0 Å². The highest BCUT2D eigenvalue weighted by molar-refractivity contribution is 5.80. The molecule has 1 aliphatic rings. The Bertz CT molecular complexity index is 670. The van der Waals surface area contributed by atoms with Crippen molar-refractivity contribution < 1.29 is 14.3 Å². The number of anilines is 1. The van der Waals surface area contributed by atoms with Gasteiger partial charge in [-0.15, -0.1) is 0 Å². The lowest BCUT2D eigenvalue weighted by Gasteiger charge is -2.13. The minimum absolute atomic E-state index is 0.0467. The molecule has 0 aromatic heterocycles.